The van der Waals surface area contributed by atoms with Gasteiger partial charge in [-0.15, -0.1) is 0 Å². The van der Waals surface area contributed by atoms with E-state index < -0.39 is 0 Å². The van der Waals surface area contributed by atoms with E-state index in [0.717, 1.165) is 16.8 Å². The van der Waals surface area contributed by atoms with Crippen LogP contribution < -0.4 is 5.73 Å². The number of aliphatic hydroxyl groups excluding tert-OH is 1. The van der Waals surface area contributed by atoms with Crippen molar-refractivity contribution in [1.82, 2.24) is 9.78 Å². The van der Waals surface area contributed by atoms with E-state index in [1.54, 1.807) is 4.68 Å². The Kier molecular flexibility index (Phi) is 3.56. The van der Waals surface area contributed by atoms with Crippen molar-refractivity contribution in [1.29, 1.82) is 0 Å². The second-order valence-corrected chi connectivity index (χ2v) is 4.19. The van der Waals surface area contributed by atoms with Crippen molar-refractivity contribution in [2.24, 2.45) is 12.8 Å². The first-order valence-corrected chi connectivity index (χ1v) is 5.65. The van der Waals surface area contributed by atoms with E-state index in [-0.39, 0.29) is 12.6 Å². The second kappa shape index (κ2) is 5.12. The van der Waals surface area contributed by atoms with Crippen LogP contribution >= 0.6 is 0 Å². The topological polar surface area (TPSA) is 64.1 Å². The highest BCUT2D eigenvalue weighted by Crippen LogP contribution is 2.22. The Morgan fingerprint density at radius 1 is 1.35 bits per heavy atom. The lowest BCUT2D eigenvalue weighted by Crippen LogP contribution is -2.26. The molecule has 1 aromatic heterocycles. The molecule has 0 saturated heterocycles. The third kappa shape index (κ3) is 2.72. The Morgan fingerprint density at radius 3 is 2.71 bits per heavy atom. The molecular formula is C13H17N3O. The van der Waals surface area contributed by atoms with Crippen LogP contribution in [0.2, 0.25) is 0 Å². The van der Waals surface area contributed by atoms with E-state index >= 15 is 0 Å². The van der Waals surface area contributed by atoms with Gasteiger partial charge in [0, 0.05) is 24.8 Å². The molecule has 1 heterocycles. The van der Waals surface area contributed by atoms with E-state index in [2.05, 4.69) is 5.10 Å². The van der Waals surface area contributed by atoms with Gasteiger partial charge in [-0.1, -0.05) is 30.3 Å². The van der Waals surface area contributed by atoms with Gasteiger partial charge in [-0.3, -0.25) is 4.68 Å². The minimum atomic E-state index is -0.235. The molecule has 4 nitrogen and oxygen atoms in total. The number of aromatic nitrogens is 2. The first-order valence-electron chi connectivity index (χ1n) is 5.65. The molecular weight excluding hydrogens is 214 g/mol. The Hall–Kier alpha value is -1.65. The zero-order valence-electron chi connectivity index (χ0n) is 9.87. The highest BCUT2D eigenvalue weighted by Gasteiger charge is 2.12. The van der Waals surface area contributed by atoms with Gasteiger partial charge < -0.3 is 10.8 Å². The number of hydrogen-bond donors (Lipinski definition) is 2. The van der Waals surface area contributed by atoms with Crippen molar-refractivity contribution in [2.75, 3.05) is 6.61 Å². The molecule has 3 N–H and O–H groups in total. The van der Waals surface area contributed by atoms with Crippen molar-refractivity contribution < 1.29 is 5.11 Å². The van der Waals surface area contributed by atoms with Gasteiger partial charge >= 0.3 is 0 Å². The quantitative estimate of drug-likeness (QED) is 0.823. The standard InChI is InChI=1S/C13H17N3O/c1-16-8-11(7-12(14)9-17)13(15-16)10-5-3-2-4-6-10/h2-6,8,12,17H,7,9,14H2,1H3. The van der Waals surface area contributed by atoms with Crippen molar-refractivity contribution in [3.63, 3.8) is 0 Å². The maximum atomic E-state index is 9.01. The summed E-state index contributed by atoms with van der Waals surface area (Å²) in [5, 5.41) is 13.5. The summed E-state index contributed by atoms with van der Waals surface area (Å²) in [6, 6.07) is 9.76. The summed E-state index contributed by atoms with van der Waals surface area (Å²) in [7, 11) is 1.89. The normalized spacial score (nSPS) is 12.6. The zero-order chi connectivity index (χ0) is 12.3. The molecule has 0 bridgehead atoms. The molecule has 0 fully saturated rings. The number of hydrogen-bond acceptors (Lipinski definition) is 3. The number of nitrogens with two attached hydrogens (primary N) is 1. The molecule has 1 unspecified atom stereocenters. The molecule has 1 atom stereocenters. The van der Waals surface area contributed by atoms with E-state index in [1.165, 1.54) is 0 Å². The van der Waals surface area contributed by atoms with Crippen LogP contribution in [-0.2, 0) is 13.5 Å². The van der Waals surface area contributed by atoms with Crippen LogP contribution in [-0.4, -0.2) is 27.5 Å². The fourth-order valence-corrected chi connectivity index (χ4v) is 1.87. The lowest BCUT2D eigenvalue weighted by Gasteiger charge is -2.07. The van der Waals surface area contributed by atoms with Crippen LogP contribution in [0.3, 0.4) is 0 Å². The number of rotatable bonds is 4. The van der Waals surface area contributed by atoms with Crippen molar-refractivity contribution in [2.45, 2.75) is 12.5 Å². The Labute approximate surface area is 101 Å². The van der Waals surface area contributed by atoms with Crippen LogP contribution in [0.1, 0.15) is 5.56 Å². The first-order chi connectivity index (χ1) is 8.20. The first kappa shape index (κ1) is 11.8. The third-order valence-corrected chi connectivity index (χ3v) is 2.67. The molecule has 0 aliphatic heterocycles. The van der Waals surface area contributed by atoms with Gasteiger partial charge in [-0.25, -0.2) is 0 Å². The number of nitrogens with zero attached hydrogens (tertiary/aromatic N) is 2. The molecule has 2 aromatic rings. The van der Waals surface area contributed by atoms with Gasteiger partial charge in [0.15, 0.2) is 0 Å². The predicted octanol–water partition coefficient (Wildman–Crippen LogP) is 0.949. The summed E-state index contributed by atoms with van der Waals surface area (Å²) in [6.07, 6.45) is 2.59. The van der Waals surface area contributed by atoms with Gasteiger partial charge in [0.1, 0.15) is 0 Å². The predicted molar refractivity (Wildman–Crippen MR) is 67.4 cm³/mol. The molecule has 0 aliphatic rings. The zero-order valence-corrected chi connectivity index (χ0v) is 9.87. The SMILES string of the molecule is Cn1cc(CC(N)CO)c(-c2ccccc2)n1. The second-order valence-electron chi connectivity index (χ2n) is 4.19. The molecule has 17 heavy (non-hydrogen) atoms. The van der Waals surface area contributed by atoms with E-state index in [9.17, 15) is 0 Å². The molecule has 0 amide bonds. The molecule has 0 radical (unpaired) electrons. The fraction of sp³-hybridized carbons (Fsp3) is 0.308. The molecule has 2 rings (SSSR count). The largest absolute Gasteiger partial charge is 0.395 e. The van der Waals surface area contributed by atoms with Crippen molar-refractivity contribution in [3.8, 4) is 11.3 Å². The van der Waals surface area contributed by atoms with Crippen LogP contribution in [0.4, 0.5) is 0 Å². The summed E-state index contributed by atoms with van der Waals surface area (Å²) in [4.78, 5) is 0. The van der Waals surface area contributed by atoms with Gasteiger partial charge in [0.05, 0.1) is 12.3 Å². The maximum Gasteiger partial charge on any atom is 0.0955 e. The van der Waals surface area contributed by atoms with E-state index in [4.69, 9.17) is 10.8 Å². The smallest absolute Gasteiger partial charge is 0.0955 e. The number of benzene rings is 1. The number of aryl methyl sites for hydroxylation is 1. The van der Waals surface area contributed by atoms with E-state index in [0.29, 0.717) is 6.42 Å². The van der Waals surface area contributed by atoms with Gasteiger partial charge in [0.25, 0.3) is 0 Å². The maximum absolute atomic E-state index is 9.01. The summed E-state index contributed by atoms with van der Waals surface area (Å²) in [6.45, 7) is -0.0108. The van der Waals surface area contributed by atoms with Crippen LogP contribution in [0, 0.1) is 0 Å². The molecule has 0 spiro atoms. The average Bonchev–Trinajstić information content (AvgIpc) is 2.71. The lowest BCUT2D eigenvalue weighted by atomic mass is 10.0. The highest BCUT2D eigenvalue weighted by molar-refractivity contribution is 5.62. The minimum absolute atomic E-state index is 0.0108. The molecule has 0 aliphatic carbocycles. The summed E-state index contributed by atoms with van der Waals surface area (Å²) >= 11 is 0. The van der Waals surface area contributed by atoms with Gasteiger partial charge in [-0.05, 0) is 12.0 Å². The monoisotopic (exact) mass is 231 g/mol. The summed E-state index contributed by atoms with van der Waals surface area (Å²) < 4.78 is 1.78. The highest BCUT2D eigenvalue weighted by atomic mass is 16.3. The molecule has 90 valence electrons. The summed E-state index contributed by atoms with van der Waals surface area (Å²) in [5.41, 5.74) is 8.86. The van der Waals surface area contributed by atoms with E-state index in [1.807, 2.05) is 43.6 Å². The van der Waals surface area contributed by atoms with Crippen LogP contribution in [0.5, 0.6) is 0 Å². The average molecular weight is 231 g/mol. The van der Waals surface area contributed by atoms with Gasteiger partial charge in [0.2, 0.25) is 0 Å². The fourth-order valence-electron chi connectivity index (χ4n) is 1.87. The Balaban J connectivity index is 2.34. The molecule has 4 heteroatoms. The Bertz CT molecular complexity index is 479. The van der Waals surface area contributed by atoms with Crippen molar-refractivity contribution in [3.05, 3.63) is 42.1 Å². The third-order valence-electron chi connectivity index (χ3n) is 2.67. The molecule has 0 saturated carbocycles. The van der Waals surface area contributed by atoms with Crippen LogP contribution in [0.15, 0.2) is 36.5 Å². The lowest BCUT2D eigenvalue weighted by molar-refractivity contribution is 0.265. The van der Waals surface area contributed by atoms with Gasteiger partial charge in [-0.2, -0.15) is 5.10 Å². The summed E-state index contributed by atoms with van der Waals surface area (Å²) in [5.74, 6) is 0. The number of aliphatic hydroxyl groups is 1. The van der Waals surface area contributed by atoms with Crippen molar-refractivity contribution >= 4 is 0 Å². The Morgan fingerprint density at radius 2 is 2.06 bits per heavy atom. The van der Waals surface area contributed by atoms with Crippen LogP contribution in [0.25, 0.3) is 11.3 Å². The minimum Gasteiger partial charge on any atom is -0.395 e. The molecule has 1 aromatic carbocycles.